The Balaban J connectivity index is 1.13. The lowest BCUT2D eigenvalue weighted by Gasteiger charge is -2.33. The van der Waals surface area contributed by atoms with Crippen LogP contribution < -0.4 is 4.90 Å². The van der Waals surface area contributed by atoms with Gasteiger partial charge in [-0.1, -0.05) is 62.4 Å². The quantitative estimate of drug-likeness (QED) is 0.129. The van der Waals surface area contributed by atoms with E-state index in [4.69, 9.17) is 9.47 Å². The molecule has 0 unspecified atom stereocenters. The molecule has 3 heterocycles. The Morgan fingerprint density at radius 3 is 1.37 bits per heavy atom. The second-order valence-corrected chi connectivity index (χ2v) is 16.4. The van der Waals surface area contributed by atoms with Crippen LogP contribution in [0.3, 0.4) is 0 Å². The predicted octanol–water partition coefficient (Wildman–Crippen LogP) is 7.29. The van der Waals surface area contributed by atoms with Crippen molar-refractivity contribution in [2.24, 2.45) is 11.8 Å². The topological polar surface area (TPSA) is 131 Å². The summed E-state index contributed by atoms with van der Waals surface area (Å²) >= 11 is 0. The molecule has 0 aromatic heterocycles. The molecule has 11 nitrogen and oxygen atoms in total. The monoisotopic (exact) mass is 823 g/mol. The fraction of sp³-hybridized carbons (Fsp3) is 0.500. The molecule has 0 radical (unpaired) electrons. The van der Waals surface area contributed by atoms with Crippen LogP contribution >= 0.6 is 0 Å². The summed E-state index contributed by atoms with van der Waals surface area (Å²) in [5.74, 6) is -2.59. The molecular formula is C48H58FN3O8. The Morgan fingerprint density at radius 1 is 0.600 bits per heavy atom. The molecule has 320 valence electrons. The highest BCUT2D eigenvalue weighted by Crippen LogP contribution is 2.47. The first-order valence-corrected chi connectivity index (χ1v) is 21.5. The molecule has 60 heavy (non-hydrogen) atoms. The number of hydrogen-bond donors (Lipinski definition) is 0. The number of carbonyl (C=O) groups is 6. The number of carbonyl (C=O) groups excluding carboxylic acids is 6. The fourth-order valence-corrected chi connectivity index (χ4v) is 9.37. The average Bonchev–Trinajstić information content (AvgIpc) is 4.06. The van der Waals surface area contributed by atoms with Crippen molar-refractivity contribution >= 4 is 41.0 Å². The third-order valence-corrected chi connectivity index (χ3v) is 12.8. The molecule has 0 bridgehead atoms. The lowest BCUT2D eigenvalue weighted by Crippen LogP contribution is -2.44. The largest absolute Gasteiger partial charge is 0.469 e. The lowest BCUT2D eigenvalue weighted by molar-refractivity contribution is -0.148. The van der Waals surface area contributed by atoms with Crippen LogP contribution in [0.15, 0.2) is 72.8 Å². The van der Waals surface area contributed by atoms with Gasteiger partial charge in [0.15, 0.2) is 11.6 Å². The Kier molecular flexibility index (Phi) is 14.9. The van der Waals surface area contributed by atoms with Crippen LogP contribution in [0, 0.1) is 17.7 Å². The summed E-state index contributed by atoms with van der Waals surface area (Å²) in [6.07, 6.45) is 5.71. The van der Waals surface area contributed by atoms with E-state index in [2.05, 4.69) is 29.2 Å². The van der Waals surface area contributed by atoms with Gasteiger partial charge < -0.3 is 24.2 Å². The van der Waals surface area contributed by atoms with Gasteiger partial charge in [-0.05, 0) is 97.9 Å². The predicted molar refractivity (Wildman–Crippen MR) is 224 cm³/mol. The molecule has 3 aromatic carbocycles. The van der Waals surface area contributed by atoms with Crippen molar-refractivity contribution in [3.8, 4) is 0 Å². The Labute approximate surface area is 352 Å². The van der Waals surface area contributed by atoms with Crippen LogP contribution in [0.5, 0.6) is 0 Å². The Morgan fingerprint density at radius 2 is 1.00 bits per heavy atom. The van der Waals surface area contributed by atoms with E-state index in [1.807, 2.05) is 38.1 Å². The van der Waals surface area contributed by atoms with Gasteiger partial charge in [0, 0.05) is 43.5 Å². The summed E-state index contributed by atoms with van der Waals surface area (Å²) in [7, 11) is 2.61. The highest BCUT2D eigenvalue weighted by atomic mass is 19.1. The third-order valence-electron chi connectivity index (χ3n) is 12.8. The number of hydrogen-bond acceptors (Lipinski definition) is 9. The molecule has 0 saturated carbocycles. The molecule has 2 amide bonds. The second kappa shape index (κ2) is 20.2. The number of nitrogens with zero attached hydrogens (tertiary/aromatic N) is 3. The maximum Gasteiger partial charge on any atom is 0.306 e. The van der Waals surface area contributed by atoms with E-state index in [1.165, 1.54) is 26.4 Å². The van der Waals surface area contributed by atoms with E-state index in [1.54, 1.807) is 21.9 Å². The van der Waals surface area contributed by atoms with E-state index in [0.29, 0.717) is 38.8 Å². The molecule has 3 aliphatic heterocycles. The molecule has 6 rings (SSSR count). The number of halogens is 1. The first-order valence-electron chi connectivity index (χ1n) is 21.5. The lowest BCUT2D eigenvalue weighted by atomic mass is 9.96. The van der Waals surface area contributed by atoms with Crippen molar-refractivity contribution in [1.29, 1.82) is 0 Å². The minimum absolute atomic E-state index is 0.000329. The molecule has 3 aliphatic rings. The minimum atomic E-state index is -0.516. The molecule has 0 N–H and O–H groups in total. The standard InChI is InChI=1S/C48H58FN3O8/c1-5-33(29-45(55)59-3)47(57)50-25-7-9-41(50)43(53)27-31-11-15-35(16-12-31)39-23-24-40(52(39)38-21-19-37(49)20-22-38)36-17-13-32(14-18-36)28-44(54)42-10-8-26-51(42)48(58)34(6-2)30-46(56)60-4/h11-22,33-34,39-42H,5-10,23-30H2,1-4H3/t33-,34-,39+,40+,41+,42+/m1/s1. The number of methoxy groups -OCH3 is 2. The molecular weight excluding hydrogens is 766 g/mol. The van der Waals surface area contributed by atoms with Gasteiger partial charge in [-0.2, -0.15) is 0 Å². The Hall–Kier alpha value is -5.39. The first-order chi connectivity index (χ1) is 29.0. The number of amides is 2. The smallest absolute Gasteiger partial charge is 0.306 e. The van der Waals surface area contributed by atoms with Gasteiger partial charge in [0.2, 0.25) is 11.8 Å². The van der Waals surface area contributed by atoms with Gasteiger partial charge in [-0.25, -0.2) is 4.39 Å². The molecule has 3 saturated heterocycles. The SMILES string of the molecule is CC[C@H](CC(=O)OC)C(=O)N1CCC[C@H]1C(=O)Cc1ccc([C@@H]2CC[C@@H](c3ccc(CC(=O)[C@@H]4CCCN4C(=O)[C@H](CC)CC(=O)OC)cc3)N2c2ccc(F)cc2)cc1. The van der Waals surface area contributed by atoms with Crippen molar-refractivity contribution in [2.75, 3.05) is 32.2 Å². The Bertz CT molecular complexity index is 1880. The summed E-state index contributed by atoms with van der Waals surface area (Å²) in [4.78, 5) is 83.5. The summed E-state index contributed by atoms with van der Waals surface area (Å²) in [6.45, 7) is 4.72. The highest BCUT2D eigenvalue weighted by Gasteiger charge is 2.39. The van der Waals surface area contributed by atoms with Crippen molar-refractivity contribution in [2.45, 2.75) is 115 Å². The van der Waals surface area contributed by atoms with Crippen LogP contribution in [0.2, 0.25) is 0 Å². The van der Waals surface area contributed by atoms with Crippen molar-refractivity contribution in [1.82, 2.24) is 9.80 Å². The first kappa shape index (κ1) is 44.2. The third kappa shape index (κ3) is 10.1. The number of rotatable bonds is 17. The zero-order valence-corrected chi connectivity index (χ0v) is 35.3. The van der Waals surface area contributed by atoms with Crippen LogP contribution in [0.25, 0.3) is 0 Å². The maximum atomic E-state index is 14.2. The number of esters is 2. The number of likely N-dealkylation sites (tertiary alicyclic amines) is 2. The van der Waals surface area contributed by atoms with Crippen LogP contribution in [0.1, 0.15) is 112 Å². The van der Waals surface area contributed by atoms with Crippen molar-refractivity contribution in [3.05, 3.63) is 101 Å². The number of benzene rings is 3. The van der Waals surface area contributed by atoms with Gasteiger partial charge in [0.1, 0.15) is 5.82 Å². The van der Waals surface area contributed by atoms with Crippen LogP contribution in [0.4, 0.5) is 10.1 Å². The average molecular weight is 824 g/mol. The van der Waals surface area contributed by atoms with E-state index >= 15 is 0 Å². The zero-order valence-electron chi connectivity index (χ0n) is 35.3. The minimum Gasteiger partial charge on any atom is -0.469 e. The maximum absolute atomic E-state index is 14.2. The number of Topliss-reactive ketones (excluding diaryl/α,β-unsaturated/α-hetero) is 2. The number of ketones is 2. The summed E-state index contributed by atoms with van der Waals surface area (Å²) in [5.41, 5.74) is 4.73. The summed E-state index contributed by atoms with van der Waals surface area (Å²) < 4.78 is 23.7. The van der Waals surface area contributed by atoms with Gasteiger partial charge in [-0.15, -0.1) is 0 Å². The summed E-state index contributed by atoms with van der Waals surface area (Å²) in [6, 6.07) is 21.6. The van der Waals surface area contributed by atoms with Crippen molar-refractivity contribution in [3.63, 3.8) is 0 Å². The number of anilines is 1. The molecule has 3 aromatic rings. The van der Waals surface area contributed by atoms with Crippen LogP contribution in [-0.4, -0.2) is 84.5 Å². The normalized spacial score (nSPS) is 21.1. The zero-order chi connectivity index (χ0) is 42.9. The van der Waals surface area contributed by atoms with Crippen molar-refractivity contribution < 1.29 is 42.6 Å². The van der Waals surface area contributed by atoms with E-state index in [9.17, 15) is 33.2 Å². The van der Waals surface area contributed by atoms with E-state index < -0.39 is 35.9 Å². The van der Waals surface area contributed by atoms with Gasteiger partial charge in [-0.3, -0.25) is 28.8 Å². The van der Waals surface area contributed by atoms with E-state index in [0.717, 1.165) is 53.6 Å². The number of ether oxygens (including phenoxy) is 2. The van der Waals surface area contributed by atoms with Gasteiger partial charge in [0.25, 0.3) is 0 Å². The second-order valence-electron chi connectivity index (χ2n) is 16.4. The summed E-state index contributed by atoms with van der Waals surface area (Å²) in [5, 5.41) is 0. The molecule has 6 atom stereocenters. The van der Waals surface area contributed by atoms with E-state index in [-0.39, 0.29) is 67.0 Å². The molecule has 12 heteroatoms. The highest BCUT2D eigenvalue weighted by molar-refractivity contribution is 5.93. The molecule has 3 fully saturated rings. The fourth-order valence-electron chi connectivity index (χ4n) is 9.37. The van der Waals surface area contributed by atoms with Gasteiger partial charge >= 0.3 is 11.9 Å². The van der Waals surface area contributed by atoms with Crippen LogP contribution in [-0.2, 0) is 51.1 Å². The molecule has 0 aliphatic carbocycles. The molecule has 0 spiro atoms. The van der Waals surface area contributed by atoms with Gasteiger partial charge in [0.05, 0.1) is 51.2 Å².